The maximum absolute atomic E-state index is 12.8. The van der Waals surface area contributed by atoms with E-state index in [0.29, 0.717) is 40.1 Å². The van der Waals surface area contributed by atoms with Gasteiger partial charge in [0.05, 0.1) is 19.0 Å². The normalized spacial score (nSPS) is 16.4. The van der Waals surface area contributed by atoms with Crippen LogP contribution in [-0.4, -0.2) is 41.4 Å². The molecule has 0 aliphatic carbocycles. The molecule has 1 aliphatic rings. The van der Waals surface area contributed by atoms with Crippen molar-refractivity contribution in [1.29, 1.82) is 0 Å². The van der Waals surface area contributed by atoms with E-state index in [0.717, 1.165) is 6.42 Å². The number of carbonyl (C=O) groups excluding carboxylic acids is 2. The third-order valence-electron chi connectivity index (χ3n) is 4.14. The van der Waals surface area contributed by atoms with Crippen LogP contribution in [0.4, 0.5) is 5.69 Å². The van der Waals surface area contributed by atoms with Crippen molar-refractivity contribution in [3.8, 4) is 5.88 Å². The number of halogens is 2. The van der Waals surface area contributed by atoms with E-state index in [4.69, 9.17) is 27.9 Å². The SMILES string of the molecule is COc1ccc(NC(=O)[C@@H]2CCCN2C(=O)c2cc(Cl)cc(Cl)c2)cn1. The first-order valence-electron chi connectivity index (χ1n) is 8.06. The molecule has 0 saturated carbocycles. The van der Waals surface area contributed by atoms with Crippen molar-refractivity contribution in [3.05, 3.63) is 52.1 Å². The van der Waals surface area contributed by atoms with Crippen molar-refractivity contribution in [2.24, 2.45) is 0 Å². The van der Waals surface area contributed by atoms with E-state index in [1.807, 2.05) is 0 Å². The maximum atomic E-state index is 12.8. The van der Waals surface area contributed by atoms with Crippen molar-refractivity contribution in [2.45, 2.75) is 18.9 Å². The average molecular weight is 394 g/mol. The zero-order valence-corrected chi connectivity index (χ0v) is 15.5. The summed E-state index contributed by atoms with van der Waals surface area (Å²) < 4.78 is 4.99. The third-order valence-corrected chi connectivity index (χ3v) is 4.58. The van der Waals surface area contributed by atoms with Crippen molar-refractivity contribution >= 4 is 40.7 Å². The van der Waals surface area contributed by atoms with Gasteiger partial charge in [0.15, 0.2) is 0 Å². The van der Waals surface area contributed by atoms with Crippen LogP contribution in [0.5, 0.6) is 5.88 Å². The van der Waals surface area contributed by atoms with Gasteiger partial charge >= 0.3 is 0 Å². The van der Waals surface area contributed by atoms with Gasteiger partial charge in [-0.3, -0.25) is 9.59 Å². The summed E-state index contributed by atoms with van der Waals surface area (Å²) in [5, 5.41) is 3.55. The van der Waals surface area contributed by atoms with Crippen LogP contribution in [0.3, 0.4) is 0 Å². The predicted molar refractivity (Wildman–Crippen MR) is 99.9 cm³/mol. The number of pyridine rings is 1. The summed E-state index contributed by atoms with van der Waals surface area (Å²) in [7, 11) is 1.52. The molecule has 0 unspecified atom stereocenters. The summed E-state index contributed by atoms with van der Waals surface area (Å²) in [5.74, 6) is -0.0608. The van der Waals surface area contributed by atoms with E-state index in [1.165, 1.54) is 13.3 Å². The first kappa shape index (κ1) is 18.5. The van der Waals surface area contributed by atoms with Crippen molar-refractivity contribution in [3.63, 3.8) is 0 Å². The molecule has 0 spiro atoms. The summed E-state index contributed by atoms with van der Waals surface area (Å²) in [6.45, 7) is 0.502. The van der Waals surface area contributed by atoms with Gasteiger partial charge in [-0.1, -0.05) is 23.2 Å². The van der Waals surface area contributed by atoms with Gasteiger partial charge in [-0.05, 0) is 37.1 Å². The Kier molecular flexibility index (Phi) is 5.64. The van der Waals surface area contributed by atoms with Crippen LogP contribution in [0.1, 0.15) is 23.2 Å². The van der Waals surface area contributed by atoms with Crippen LogP contribution >= 0.6 is 23.2 Å². The number of anilines is 1. The Bertz CT molecular complexity index is 807. The fraction of sp³-hybridized carbons (Fsp3) is 0.278. The zero-order chi connectivity index (χ0) is 18.7. The highest BCUT2D eigenvalue weighted by molar-refractivity contribution is 6.35. The lowest BCUT2D eigenvalue weighted by Crippen LogP contribution is -2.43. The standard InChI is InChI=1S/C18H17Cl2N3O3/c1-26-16-5-4-14(10-21-16)22-17(24)15-3-2-6-23(15)18(25)11-7-12(19)9-13(20)8-11/h4-5,7-10,15H,2-3,6H2,1H3,(H,22,24)/t15-/m0/s1. The van der Waals surface area contributed by atoms with Gasteiger partial charge in [0.1, 0.15) is 6.04 Å². The fourth-order valence-electron chi connectivity index (χ4n) is 2.93. The highest BCUT2D eigenvalue weighted by atomic mass is 35.5. The summed E-state index contributed by atoms with van der Waals surface area (Å²) in [6.07, 6.45) is 2.85. The van der Waals surface area contributed by atoms with Gasteiger partial charge in [0.2, 0.25) is 11.8 Å². The third kappa shape index (κ3) is 4.08. The van der Waals surface area contributed by atoms with Gasteiger partial charge < -0.3 is 15.0 Å². The second-order valence-corrected chi connectivity index (χ2v) is 6.77. The summed E-state index contributed by atoms with van der Waals surface area (Å²) in [5.41, 5.74) is 0.911. The molecular weight excluding hydrogens is 377 g/mol. The lowest BCUT2D eigenvalue weighted by molar-refractivity contribution is -0.119. The fourth-order valence-corrected chi connectivity index (χ4v) is 3.45. The number of nitrogens with zero attached hydrogens (tertiary/aromatic N) is 2. The Morgan fingerprint density at radius 1 is 1.23 bits per heavy atom. The molecule has 2 aromatic rings. The van der Waals surface area contributed by atoms with E-state index in [-0.39, 0.29) is 11.8 Å². The maximum Gasteiger partial charge on any atom is 0.254 e. The number of hydrogen-bond donors (Lipinski definition) is 1. The van der Waals surface area contributed by atoms with Gasteiger partial charge in [-0.2, -0.15) is 0 Å². The molecule has 1 fully saturated rings. The molecule has 1 N–H and O–H groups in total. The molecule has 1 atom stereocenters. The second-order valence-electron chi connectivity index (χ2n) is 5.89. The Hall–Kier alpha value is -2.31. The number of carbonyl (C=O) groups is 2. The number of aromatic nitrogens is 1. The number of benzene rings is 1. The average Bonchev–Trinajstić information content (AvgIpc) is 3.10. The van der Waals surface area contributed by atoms with Crippen molar-refractivity contribution in [1.82, 2.24) is 9.88 Å². The zero-order valence-electron chi connectivity index (χ0n) is 14.0. The smallest absolute Gasteiger partial charge is 0.254 e. The van der Waals surface area contributed by atoms with Crippen LogP contribution in [0, 0.1) is 0 Å². The van der Waals surface area contributed by atoms with Crippen molar-refractivity contribution in [2.75, 3.05) is 19.0 Å². The molecule has 1 saturated heterocycles. The molecule has 26 heavy (non-hydrogen) atoms. The van der Waals surface area contributed by atoms with Crippen LogP contribution < -0.4 is 10.1 Å². The second kappa shape index (κ2) is 7.93. The molecule has 2 heterocycles. The van der Waals surface area contributed by atoms with Crippen LogP contribution in [0.15, 0.2) is 36.5 Å². The summed E-state index contributed by atoms with van der Waals surface area (Å²) in [6, 6.07) is 7.46. The van der Waals surface area contributed by atoms with Gasteiger partial charge in [-0.15, -0.1) is 0 Å². The molecule has 3 rings (SSSR count). The van der Waals surface area contributed by atoms with E-state index in [9.17, 15) is 9.59 Å². The first-order valence-corrected chi connectivity index (χ1v) is 8.81. The lowest BCUT2D eigenvalue weighted by Gasteiger charge is -2.24. The molecular formula is C18H17Cl2N3O3. The molecule has 0 bridgehead atoms. The quantitative estimate of drug-likeness (QED) is 0.860. The number of likely N-dealkylation sites (tertiary alicyclic amines) is 1. The minimum atomic E-state index is -0.553. The monoisotopic (exact) mass is 393 g/mol. The summed E-state index contributed by atoms with van der Waals surface area (Å²) in [4.78, 5) is 31.0. The molecule has 1 aromatic heterocycles. The van der Waals surface area contributed by atoms with Crippen LogP contribution in [0.25, 0.3) is 0 Å². The largest absolute Gasteiger partial charge is 0.481 e. The topological polar surface area (TPSA) is 71.5 Å². The molecule has 1 aromatic carbocycles. The summed E-state index contributed by atoms with van der Waals surface area (Å²) >= 11 is 12.0. The lowest BCUT2D eigenvalue weighted by atomic mass is 10.1. The van der Waals surface area contributed by atoms with E-state index in [2.05, 4.69) is 10.3 Å². The minimum absolute atomic E-state index is 0.254. The predicted octanol–water partition coefficient (Wildman–Crippen LogP) is 3.64. The Labute approximate surface area is 161 Å². The molecule has 6 nitrogen and oxygen atoms in total. The number of rotatable bonds is 4. The Balaban J connectivity index is 1.74. The number of nitrogens with one attached hydrogen (secondary N) is 1. The molecule has 8 heteroatoms. The van der Waals surface area contributed by atoms with E-state index >= 15 is 0 Å². The Morgan fingerprint density at radius 2 is 1.96 bits per heavy atom. The van der Waals surface area contributed by atoms with Crippen LogP contribution in [-0.2, 0) is 4.79 Å². The Morgan fingerprint density at radius 3 is 2.58 bits per heavy atom. The number of ether oxygens (including phenoxy) is 1. The highest BCUT2D eigenvalue weighted by Gasteiger charge is 2.34. The van der Waals surface area contributed by atoms with Gasteiger partial charge in [0.25, 0.3) is 5.91 Å². The molecule has 136 valence electrons. The number of methoxy groups -OCH3 is 1. The van der Waals surface area contributed by atoms with Crippen LogP contribution in [0.2, 0.25) is 10.0 Å². The van der Waals surface area contributed by atoms with Gasteiger partial charge in [0, 0.05) is 28.2 Å². The van der Waals surface area contributed by atoms with E-state index in [1.54, 1.807) is 35.2 Å². The van der Waals surface area contributed by atoms with Crippen molar-refractivity contribution < 1.29 is 14.3 Å². The highest BCUT2D eigenvalue weighted by Crippen LogP contribution is 2.25. The van der Waals surface area contributed by atoms with E-state index < -0.39 is 6.04 Å². The minimum Gasteiger partial charge on any atom is -0.481 e. The number of hydrogen-bond acceptors (Lipinski definition) is 4. The number of amides is 2. The molecule has 1 aliphatic heterocycles. The molecule has 0 radical (unpaired) electrons. The van der Waals surface area contributed by atoms with Gasteiger partial charge in [-0.25, -0.2) is 4.98 Å². The first-order chi connectivity index (χ1) is 12.5. The molecule has 2 amide bonds.